The van der Waals surface area contributed by atoms with Gasteiger partial charge >= 0.3 is 0 Å². The predicted molar refractivity (Wildman–Crippen MR) is 106 cm³/mol. The molecule has 1 aromatic heterocycles. The molecular weight excluding hydrogens is 405 g/mol. The van der Waals surface area contributed by atoms with E-state index in [0.717, 1.165) is 44.3 Å². The van der Waals surface area contributed by atoms with Crippen molar-refractivity contribution in [3.63, 3.8) is 0 Å². The number of aliphatic imine (C=N–C) groups is 1. The number of guanidine groups is 1. The van der Waals surface area contributed by atoms with E-state index in [-0.39, 0.29) is 30.1 Å². The lowest BCUT2D eigenvalue weighted by Crippen LogP contribution is -2.40. The molecule has 0 radical (unpaired) electrons. The molecular formula is C16H26IN5O. The normalized spacial score (nSPS) is 17.2. The molecule has 1 saturated heterocycles. The molecule has 128 valence electrons. The van der Waals surface area contributed by atoms with Crippen molar-refractivity contribution in [2.45, 2.75) is 18.9 Å². The van der Waals surface area contributed by atoms with Gasteiger partial charge in [-0.3, -0.25) is 4.99 Å². The van der Waals surface area contributed by atoms with E-state index in [1.54, 1.807) is 6.20 Å². The summed E-state index contributed by atoms with van der Waals surface area (Å²) >= 11 is 0. The summed E-state index contributed by atoms with van der Waals surface area (Å²) in [6, 6.07) is 5.81. The molecule has 6 nitrogen and oxygen atoms in total. The van der Waals surface area contributed by atoms with Gasteiger partial charge < -0.3 is 20.7 Å². The highest BCUT2D eigenvalue weighted by atomic mass is 127. The van der Waals surface area contributed by atoms with Gasteiger partial charge in [0.25, 0.3) is 0 Å². The summed E-state index contributed by atoms with van der Waals surface area (Å²) in [5, 5.41) is 9.76. The molecule has 0 amide bonds. The molecule has 1 atom stereocenters. The van der Waals surface area contributed by atoms with Crippen LogP contribution in [0, 0.1) is 0 Å². The smallest absolute Gasteiger partial charge is 0.191 e. The van der Waals surface area contributed by atoms with Crippen molar-refractivity contribution in [2.24, 2.45) is 4.99 Å². The second-order valence-electron chi connectivity index (χ2n) is 5.06. The van der Waals surface area contributed by atoms with Crippen molar-refractivity contribution in [3.8, 4) is 0 Å². The minimum absolute atomic E-state index is 0. The third-order valence-electron chi connectivity index (χ3n) is 3.28. The van der Waals surface area contributed by atoms with E-state index in [1.165, 1.54) is 0 Å². The van der Waals surface area contributed by atoms with Gasteiger partial charge in [0.1, 0.15) is 5.82 Å². The number of anilines is 1. The molecule has 0 spiro atoms. The van der Waals surface area contributed by atoms with Crippen molar-refractivity contribution in [1.29, 1.82) is 0 Å². The minimum atomic E-state index is 0. The minimum Gasteiger partial charge on any atom is -0.376 e. The zero-order valence-electron chi connectivity index (χ0n) is 13.3. The first kappa shape index (κ1) is 19.7. The Hall–Kier alpha value is -1.35. The zero-order valence-corrected chi connectivity index (χ0v) is 15.7. The topological polar surface area (TPSA) is 70.6 Å². The fourth-order valence-corrected chi connectivity index (χ4v) is 2.16. The van der Waals surface area contributed by atoms with Crippen LogP contribution in [0.3, 0.4) is 0 Å². The summed E-state index contributed by atoms with van der Waals surface area (Å²) in [5.41, 5.74) is 0. The Labute approximate surface area is 155 Å². The number of rotatable bonds is 8. The van der Waals surface area contributed by atoms with Crippen LogP contribution in [0.4, 0.5) is 5.82 Å². The van der Waals surface area contributed by atoms with Crippen LogP contribution < -0.4 is 16.0 Å². The molecule has 7 heteroatoms. The van der Waals surface area contributed by atoms with E-state index < -0.39 is 0 Å². The molecule has 1 fully saturated rings. The van der Waals surface area contributed by atoms with Crippen LogP contribution in [0.15, 0.2) is 42.0 Å². The van der Waals surface area contributed by atoms with Crippen molar-refractivity contribution < 1.29 is 4.74 Å². The molecule has 0 bridgehead atoms. The molecule has 2 rings (SSSR count). The summed E-state index contributed by atoms with van der Waals surface area (Å²) < 4.78 is 5.59. The summed E-state index contributed by atoms with van der Waals surface area (Å²) in [6.45, 7) is 7.48. The van der Waals surface area contributed by atoms with Crippen LogP contribution in [-0.2, 0) is 4.74 Å². The molecule has 0 aromatic carbocycles. The third-order valence-corrected chi connectivity index (χ3v) is 3.28. The van der Waals surface area contributed by atoms with Gasteiger partial charge in [-0.15, -0.1) is 30.6 Å². The first-order chi connectivity index (χ1) is 10.9. The highest BCUT2D eigenvalue weighted by Gasteiger charge is 2.14. The lowest BCUT2D eigenvalue weighted by molar-refractivity contribution is 0.117. The summed E-state index contributed by atoms with van der Waals surface area (Å²) in [4.78, 5) is 8.79. The van der Waals surface area contributed by atoms with Gasteiger partial charge in [-0.2, -0.15) is 0 Å². The average Bonchev–Trinajstić information content (AvgIpc) is 3.07. The molecule has 2 heterocycles. The van der Waals surface area contributed by atoms with Crippen LogP contribution in [-0.4, -0.2) is 49.8 Å². The van der Waals surface area contributed by atoms with Crippen LogP contribution in [0.5, 0.6) is 0 Å². The maximum Gasteiger partial charge on any atom is 0.191 e. The SMILES string of the molecule is C=CCNC(=NCC1CCCO1)NCCNc1ccccn1.I. The summed E-state index contributed by atoms with van der Waals surface area (Å²) in [6.07, 6.45) is 6.08. The molecule has 1 aromatic rings. The molecule has 23 heavy (non-hydrogen) atoms. The van der Waals surface area contributed by atoms with Crippen molar-refractivity contribution in [2.75, 3.05) is 38.1 Å². The standard InChI is InChI=1S/C16H25N5O.HI/c1-2-8-19-16(21-13-14-6-5-12-22-14)20-11-10-18-15-7-3-4-9-17-15;/h2-4,7,9,14H,1,5-6,8,10-13H2,(H,17,18)(H2,19,20,21);1H. The number of pyridine rings is 1. The van der Waals surface area contributed by atoms with Gasteiger partial charge in [-0.05, 0) is 25.0 Å². The van der Waals surface area contributed by atoms with E-state index >= 15 is 0 Å². The Morgan fingerprint density at radius 1 is 1.39 bits per heavy atom. The predicted octanol–water partition coefficient (Wildman–Crippen LogP) is 2.01. The Kier molecular flexibility index (Phi) is 10.4. The fraction of sp³-hybridized carbons (Fsp3) is 0.500. The van der Waals surface area contributed by atoms with Crippen molar-refractivity contribution >= 4 is 35.8 Å². The van der Waals surface area contributed by atoms with E-state index in [1.807, 2.05) is 24.3 Å². The van der Waals surface area contributed by atoms with Crippen molar-refractivity contribution in [1.82, 2.24) is 15.6 Å². The molecule has 1 unspecified atom stereocenters. The zero-order chi connectivity index (χ0) is 15.5. The summed E-state index contributed by atoms with van der Waals surface area (Å²) in [5.74, 6) is 1.67. The largest absolute Gasteiger partial charge is 0.376 e. The third kappa shape index (κ3) is 8.17. The Morgan fingerprint density at radius 2 is 2.30 bits per heavy atom. The Morgan fingerprint density at radius 3 is 3.00 bits per heavy atom. The number of ether oxygens (including phenoxy) is 1. The van der Waals surface area contributed by atoms with E-state index in [0.29, 0.717) is 13.1 Å². The highest BCUT2D eigenvalue weighted by molar-refractivity contribution is 14.0. The number of nitrogens with one attached hydrogen (secondary N) is 3. The van der Waals surface area contributed by atoms with Crippen LogP contribution in [0.2, 0.25) is 0 Å². The van der Waals surface area contributed by atoms with Gasteiger partial charge in [0.2, 0.25) is 0 Å². The monoisotopic (exact) mass is 431 g/mol. The number of hydrogen-bond donors (Lipinski definition) is 3. The van der Waals surface area contributed by atoms with Crippen LogP contribution >= 0.6 is 24.0 Å². The van der Waals surface area contributed by atoms with Crippen LogP contribution in [0.1, 0.15) is 12.8 Å². The van der Waals surface area contributed by atoms with Gasteiger partial charge in [-0.25, -0.2) is 4.98 Å². The Bertz CT molecular complexity index is 463. The van der Waals surface area contributed by atoms with Gasteiger partial charge in [0, 0.05) is 32.4 Å². The van der Waals surface area contributed by atoms with Gasteiger partial charge in [0.15, 0.2) is 5.96 Å². The average molecular weight is 431 g/mol. The van der Waals surface area contributed by atoms with Crippen LogP contribution in [0.25, 0.3) is 0 Å². The number of halogens is 1. The van der Waals surface area contributed by atoms with Gasteiger partial charge in [0.05, 0.1) is 12.6 Å². The molecule has 1 aliphatic rings. The quantitative estimate of drug-likeness (QED) is 0.193. The number of hydrogen-bond acceptors (Lipinski definition) is 4. The Balaban J connectivity index is 0.00000264. The van der Waals surface area contributed by atoms with E-state index in [9.17, 15) is 0 Å². The fourth-order valence-electron chi connectivity index (χ4n) is 2.16. The summed E-state index contributed by atoms with van der Waals surface area (Å²) in [7, 11) is 0. The van der Waals surface area contributed by atoms with Crippen molar-refractivity contribution in [3.05, 3.63) is 37.1 Å². The van der Waals surface area contributed by atoms with E-state index in [4.69, 9.17) is 4.74 Å². The first-order valence-electron chi connectivity index (χ1n) is 7.78. The molecule has 3 N–H and O–H groups in total. The maximum atomic E-state index is 5.59. The lowest BCUT2D eigenvalue weighted by atomic mass is 10.2. The number of nitrogens with zero attached hydrogens (tertiary/aromatic N) is 2. The van der Waals surface area contributed by atoms with E-state index in [2.05, 4.69) is 32.5 Å². The second-order valence-corrected chi connectivity index (χ2v) is 5.06. The number of aromatic nitrogens is 1. The maximum absolute atomic E-state index is 5.59. The lowest BCUT2D eigenvalue weighted by Gasteiger charge is -2.13. The molecule has 0 saturated carbocycles. The second kappa shape index (κ2) is 12.1. The first-order valence-corrected chi connectivity index (χ1v) is 7.78. The molecule has 1 aliphatic heterocycles. The molecule has 0 aliphatic carbocycles. The van der Waals surface area contributed by atoms with Gasteiger partial charge in [-0.1, -0.05) is 12.1 Å². The highest BCUT2D eigenvalue weighted by Crippen LogP contribution is 2.11.